The van der Waals surface area contributed by atoms with E-state index in [1.54, 1.807) is 70.9 Å². The zero-order valence-electron chi connectivity index (χ0n) is 53.8. The van der Waals surface area contributed by atoms with Crippen molar-refractivity contribution in [1.82, 2.24) is 45.9 Å². The minimum absolute atomic E-state index is 0.0339. The number of carboxylic acid groups (broad SMARTS) is 2. The van der Waals surface area contributed by atoms with E-state index < -0.39 is 59.6 Å². The maximum Gasteiger partial charge on any atom is 0.417 e. The minimum atomic E-state index is -4.50. The number of aromatic nitrogens is 6. The van der Waals surface area contributed by atoms with Crippen LogP contribution in [0.1, 0.15) is 62.4 Å². The van der Waals surface area contributed by atoms with Crippen LogP contribution in [0.15, 0.2) is 187 Å². The Bertz CT molecular complexity index is 5240. The summed E-state index contributed by atoms with van der Waals surface area (Å²) in [5.74, 6) is -3.80. The Morgan fingerprint density at radius 1 is 0.510 bits per heavy atom. The van der Waals surface area contributed by atoms with Crippen LogP contribution in [0.4, 0.5) is 31.1 Å². The van der Waals surface area contributed by atoms with Crippen LogP contribution in [0.5, 0.6) is 0 Å². The molecule has 2 atom stereocenters. The number of aryl methyl sites for hydroxylation is 2. The van der Waals surface area contributed by atoms with Crippen LogP contribution in [0.3, 0.4) is 0 Å². The molecule has 0 aliphatic carbocycles. The van der Waals surface area contributed by atoms with Crippen LogP contribution >= 0.6 is 102 Å². The summed E-state index contributed by atoms with van der Waals surface area (Å²) in [6.07, 6.45) is -0.442. The quantitative estimate of drug-likeness (QED) is 0.0335. The second-order valence-corrected chi connectivity index (χ2v) is 28.9. The molecule has 536 valence electrons. The van der Waals surface area contributed by atoms with Gasteiger partial charge in [-0.2, -0.15) is 26.3 Å². The number of ether oxygens (including phenoxy) is 2. The van der Waals surface area contributed by atoms with Crippen molar-refractivity contribution in [2.45, 2.75) is 51.5 Å². The molecule has 0 saturated carbocycles. The first-order valence-corrected chi connectivity index (χ1v) is 36.7. The lowest BCUT2D eigenvalue weighted by molar-refractivity contribution is -0.147. The lowest BCUT2D eigenvalue weighted by Crippen LogP contribution is -2.49. The number of thiophene rings is 6. The third kappa shape index (κ3) is 21.7. The first kappa shape index (κ1) is 78.4. The van der Waals surface area contributed by atoms with Crippen molar-refractivity contribution >= 4 is 199 Å². The molecule has 0 saturated heterocycles. The van der Waals surface area contributed by atoms with Gasteiger partial charge in [-0.1, -0.05) is 72.3 Å². The van der Waals surface area contributed by atoms with Crippen LogP contribution in [-0.4, -0.2) is 101 Å². The largest absolute Gasteiger partial charge is 0.480 e. The van der Waals surface area contributed by atoms with Crippen molar-refractivity contribution in [1.29, 1.82) is 0 Å². The first-order valence-electron chi connectivity index (χ1n) is 30.2. The number of aromatic carboxylic acids is 1. The number of hydrogen-bond acceptors (Lipinski definition) is 21. The number of rotatable bonds is 14. The number of pyridine rings is 6. The number of nitrogens with two attached hydrogens (primary N) is 1. The summed E-state index contributed by atoms with van der Waals surface area (Å²) in [4.78, 5) is 96.2. The highest BCUT2D eigenvalue weighted by molar-refractivity contribution is 14.1. The fourth-order valence-electron chi connectivity index (χ4n) is 8.99. The van der Waals surface area contributed by atoms with Gasteiger partial charge in [-0.05, 0) is 148 Å². The number of esters is 1. The molecule has 0 bridgehead atoms. The summed E-state index contributed by atoms with van der Waals surface area (Å²) >= 11 is 15.8. The number of alkyl halides is 6. The molecule has 104 heavy (non-hydrogen) atoms. The van der Waals surface area contributed by atoms with Crippen LogP contribution < -0.4 is 21.7 Å². The summed E-state index contributed by atoms with van der Waals surface area (Å²) in [7, 11) is 0. The van der Waals surface area contributed by atoms with Gasteiger partial charge in [0.15, 0.2) is 0 Å². The predicted octanol–water partition coefficient (Wildman–Crippen LogP) is 17.3. The average molecular weight is 1660 g/mol. The molecule has 3 amide bonds. The molecule has 0 spiro atoms. The van der Waals surface area contributed by atoms with Crippen molar-refractivity contribution in [2.24, 2.45) is 5.73 Å². The highest BCUT2D eigenvalue weighted by Crippen LogP contribution is 2.39. The highest BCUT2D eigenvalue weighted by Gasteiger charge is 2.35. The van der Waals surface area contributed by atoms with Crippen molar-refractivity contribution < 1.29 is 74.8 Å². The molecular weight excluding hydrogens is 1610 g/mol. The van der Waals surface area contributed by atoms with E-state index in [9.17, 15) is 55.1 Å². The Morgan fingerprint density at radius 3 is 1.41 bits per heavy atom. The summed E-state index contributed by atoms with van der Waals surface area (Å²) in [5, 5.41) is 31.5. The maximum atomic E-state index is 12.8. The summed E-state index contributed by atoms with van der Waals surface area (Å²) in [6, 6.07) is 35.6. The Hall–Kier alpha value is -9.72. The molecule has 0 fully saturated rings. The average Bonchev–Trinajstić information content (AvgIpc) is 1.20. The fourth-order valence-corrected chi connectivity index (χ4v) is 15.5. The van der Waals surface area contributed by atoms with Gasteiger partial charge in [-0.3, -0.25) is 44.3 Å². The lowest BCUT2D eigenvalue weighted by atomic mass is 10.2. The zero-order chi connectivity index (χ0) is 74.7. The number of benzene rings is 2. The molecular formula is C70H54ClF6IN10O10S6. The molecule has 0 aliphatic heterocycles. The Balaban J connectivity index is 0.000000156. The van der Waals surface area contributed by atoms with E-state index in [1.165, 1.54) is 37.1 Å². The monoisotopic (exact) mass is 1660 g/mol. The van der Waals surface area contributed by atoms with E-state index in [0.29, 0.717) is 26.6 Å². The molecule has 20 nitrogen and oxygen atoms in total. The smallest absolute Gasteiger partial charge is 0.417 e. The van der Waals surface area contributed by atoms with E-state index in [0.717, 1.165) is 99.2 Å². The van der Waals surface area contributed by atoms with E-state index >= 15 is 0 Å². The number of fused-ring (bicyclic) bond motifs is 6. The van der Waals surface area contributed by atoms with Gasteiger partial charge in [0.1, 0.15) is 30.2 Å². The zero-order valence-corrected chi connectivity index (χ0v) is 61.6. The second kappa shape index (κ2) is 36.6. The third-order valence-electron chi connectivity index (χ3n) is 14.1. The van der Waals surface area contributed by atoms with E-state index in [4.69, 9.17) is 37.0 Å². The van der Waals surface area contributed by atoms with Gasteiger partial charge in [0, 0.05) is 53.8 Å². The molecule has 34 heteroatoms. The lowest BCUT2D eigenvalue weighted by Gasteiger charge is -2.18. The summed E-state index contributed by atoms with van der Waals surface area (Å²) in [5.41, 5.74) is 11.6. The predicted molar refractivity (Wildman–Crippen MR) is 402 cm³/mol. The minimum Gasteiger partial charge on any atom is -0.480 e. The SMILES string of the molecule is Cc1ccnc2cc(C(=O)NC[C@@H](N)C(=O)O)sc12.Cc1ccnc2cc(C(=O)NC[C@@H](NC(=O)OCc3ccccc3)C(=O)OCc3ccccc3)sc12.Clc1ccnc2ccsc12.FC(F)(F)c1ccnc2ccsc12.Ic1ccnc2ccsc12.O=C(O)c1cc2nccc(C(F)(F)F)c2s1. The number of carbonyl (C=O) groups is 6. The van der Waals surface area contributed by atoms with Crippen molar-refractivity contribution in [2.75, 3.05) is 13.1 Å². The Kier molecular flexibility index (Phi) is 27.6. The number of carboxylic acids is 2. The normalized spacial score (nSPS) is 11.6. The molecule has 12 heterocycles. The number of alkyl carbamates (subject to hydrolysis) is 1. The molecule has 7 N–H and O–H groups in total. The molecule has 0 unspecified atom stereocenters. The highest BCUT2D eigenvalue weighted by atomic mass is 127. The number of hydrogen-bond donors (Lipinski definition) is 6. The molecule has 2 aromatic carbocycles. The van der Waals surface area contributed by atoms with Crippen molar-refractivity contribution in [3.63, 3.8) is 0 Å². The van der Waals surface area contributed by atoms with Crippen LogP contribution in [0, 0.1) is 17.4 Å². The number of halogens is 8. The Labute approximate surface area is 628 Å². The summed E-state index contributed by atoms with van der Waals surface area (Å²) in [6.45, 7) is 3.70. The van der Waals surface area contributed by atoms with E-state index in [1.807, 2.05) is 116 Å². The van der Waals surface area contributed by atoms with Gasteiger partial charge < -0.3 is 41.4 Å². The van der Waals surface area contributed by atoms with E-state index in [2.05, 4.69) is 73.8 Å². The molecule has 0 aliphatic rings. The first-order chi connectivity index (χ1) is 49.7. The number of carbonyl (C=O) groups excluding carboxylic acids is 4. The van der Waals surface area contributed by atoms with E-state index in [-0.39, 0.29) is 57.9 Å². The van der Waals surface area contributed by atoms with Crippen molar-refractivity contribution in [3.05, 3.63) is 243 Å². The van der Waals surface area contributed by atoms with Crippen molar-refractivity contribution in [3.8, 4) is 0 Å². The van der Waals surface area contributed by atoms with Gasteiger partial charge in [-0.25, -0.2) is 14.4 Å². The standard InChI is InChI=1S/C27H25N3O5S.C12H13N3O3S.C9H4F3NO2S.C8H4F3NS.C7H4ClNS.C7H4INS/c1-18-12-13-28-21-14-23(36-24(18)21)25(31)29-15-22(26(32)34-16-19-8-4-2-5-9-19)30-27(33)35-17-20-10-6-3-7-11-20;1-6-2-3-14-8-4-9(19-10(6)8)11(16)15-5-7(13)12(17)18;10-9(11,12)4-1-2-13-5-3-6(8(14)15)16-7(4)5;9-8(10,11)5-1-3-12-6-2-4-13-7(5)6;2*8-5-1-3-9-6-2-4-10-7(5)6/h2-14,22H,15-17H2,1H3,(H,29,31)(H,30,33);2-4,7H,5,13H2,1H3,(H,15,16)(H,17,18);1-3H,(H,14,15);1-4H;2*1-4H/t22-;7-;;;;/m11..../s1. The molecule has 0 radical (unpaired) electrons. The number of aliphatic carboxylic acids is 1. The van der Waals surface area contributed by atoms with Gasteiger partial charge >= 0.3 is 36.4 Å². The maximum absolute atomic E-state index is 12.8. The van der Waals surface area contributed by atoms with Crippen LogP contribution in [-0.2, 0) is 44.6 Å². The Morgan fingerprint density at radius 2 is 0.923 bits per heavy atom. The third-order valence-corrected chi connectivity index (χ3v) is 22.3. The van der Waals surface area contributed by atoms with Crippen LogP contribution in [0.2, 0.25) is 5.02 Å². The summed E-state index contributed by atoms with van der Waals surface area (Å²) < 4.78 is 91.0. The van der Waals surface area contributed by atoms with Gasteiger partial charge in [0.2, 0.25) is 0 Å². The topological polar surface area (TPSA) is 301 Å². The second-order valence-electron chi connectivity index (χ2n) is 21.5. The number of nitrogens with zero attached hydrogens (tertiary/aromatic N) is 6. The fraction of sp³-hybridized carbons (Fsp3) is 0.143. The van der Waals surface area contributed by atoms with Crippen LogP contribution in [0.25, 0.3) is 61.3 Å². The van der Waals surface area contributed by atoms with Gasteiger partial charge in [-0.15, -0.1) is 68.0 Å². The molecule has 12 aromatic heterocycles. The number of nitrogens with one attached hydrogen (secondary N) is 3. The molecule has 14 aromatic rings. The van der Waals surface area contributed by atoms with Gasteiger partial charge in [0.25, 0.3) is 11.8 Å². The molecule has 14 rings (SSSR count). The number of amides is 3. The van der Waals surface area contributed by atoms with Gasteiger partial charge in [0.05, 0.1) is 87.2 Å².